The number of aryl methyl sites for hydroxylation is 1. The van der Waals surface area contributed by atoms with Gasteiger partial charge in [0, 0.05) is 40.6 Å². The molecule has 1 fully saturated rings. The molecule has 2 heterocycles. The Hall–Kier alpha value is -2.87. The topological polar surface area (TPSA) is 95.6 Å². The van der Waals surface area contributed by atoms with Crippen LogP contribution in [0.25, 0.3) is 0 Å². The second-order valence-electron chi connectivity index (χ2n) is 8.35. The third-order valence-corrected chi connectivity index (χ3v) is 5.92. The number of Topliss-reactive ketones (excluding diaryl/α,β-unsaturated/α-hetero) is 1. The van der Waals surface area contributed by atoms with Crippen molar-refractivity contribution in [2.75, 3.05) is 10.6 Å². The molecule has 0 saturated heterocycles. The minimum absolute atomic E-state index is 0.246. The summed E-state index contributed by atoms with van der Waals surface area (Å²) < 4.78 is 0. The third-order valence-electron chi connectivity index (χ3n) is 5.05. The maximum Gasteiger partial charge on any atom is 0.196 e. The summed E-state index contributed by atoms with van der Waals surface area (Å²) in [6, 6.07) is 10.3. The lowest BCUT2D eigenvalue weighted by molar-refractivity contribution is -0.119. The van der Waals surface area contributed by atoms with Crippen molar-refractivity contribution < 1.29 is 4.79 Å². The van der Waals surface area contributed by atoms with Crippen LogP contribution in [0, 0.1) is 19.8 Å². The van der Waals surface area contributed by atoms with E-state index in [-0.39, 0.29) is 6.04 Å². The number of benzene rings is 1. The second kappa shape index (κ2) is 9.09. The van der Waals surface area contributed by atoms with Gasteiger partial charge in [-0.1, -0.05) is 12.1 Å². The molecule has 1 aliphatic rings. The van der Waals surface area contributed by atoms with Crippen LogP contribution < -0.4 is 10.6 Å². The van der Waals surface area contributed by atoms with Crippen LogP contribution in [0.5, 0.6) is 0 Å². The van der Waals surface area contributed by atoms with Crippen LogP contribution in [0.3, 0.4) is 0 Å². The number of carbonyl (C=O) groups is 1. The molecule has 3 N–H and O–H groups in total. The lowest BCUT2D eigenvalue weighted by Gasteiger charge is -2.16. The highest BCUT2D eigenvalue weighted by molar-refractivity contribution is 7.99. The van der Waals surface area contributed by atoms with Crippen LogP contribution in [-0.4, -0.2) is 32.0 Å². The average Bonchev–Trinajstić information content (AvgIpc) is 3.49. The average molecular weight is 437 g/mol. The molecule has 31 heavy (non-hydrogen) atoms. The van der Waals surface area contributed by atoms with Crippen LogP contribution in [0.1, 0.15) is 43.5 Å². The Balaban J connectivity index is 1.54. The van der Waals surface area contributed by atoms with Gasteiger partial charge in [-0.25, -0.2) is 9.97 Å². The van der Waals surface area contributed by atoms with Crippen molar-refractivity contribution in [2.45, 2.75) is 63.1 Å². The Morgan fingerprint density at radius 2 is 1.87 bits per heavy atom. The number of H-pyrrole nitrogens is 1. The standard InChI is InChI=1S/C23H28N6OS/c1-13(2)24-21-15(4)22(25-20-11-14(3)28-29-20)27-23(26-21)31-18-9-5-16(6-10-18)12-19(30)17-7-8-17/h5-6,9-11,13,17H,7-8,12H2,1-4H3,(H3,24,25,26,27,28,29). The van der Waals surface area contributed by atoms with Crippen molar-refractivity contribution in [1.29, 1.82) is 0 Å². The molecule has 0 amide bonds. The van der Waals surface area contributed by atoms with Crippen molar-refractivity contribution in [3.63, 3.8) is 0 Å². The molecule has 8 heteroatoms. The Bertz CT molecular complexity index is 1070. The first-order valence-electron chi connectivity index (χ1n) is 10.6. The zero-order chi connectivity index (χ0) is 22.0. The van der Waals surface area contributed by atoms with Gasteiger partial charge in [-0.05, 0) is 70.0 Å². The normalized spacial score (nSPS) is 13.5. The number of carbonyl (C=O) groups excluding carboxylic acids is 1. The smallest absolute Gasteiger partial charge is 0.196 e. The van der Waals surface area contributed by atoms with Gasteiger partial charge in [0.2, 0.25) is 0 Å². The molecule has 1 aliphatic carbocycles. The molecule has 0 spiro atoms. The van der Waals surface area contributed by atoms with Gasteiger partial charge in [0.05, 0.1) is 0 Å². The van der Waals surface area contributed by atoms with E-state index in [9.17, 15) is 4.79 Å². The fraction of sp³-hybridized carbons (Fsp3) is 0.391. The van der Waals surface area contributed by atoms with Crippen molar-refractivity contribution in [1.82, 2.24) is 20.2 Å². The number of nitrogens with zero attached hydrogens (tertiary/aromatic N) is 3. The van der Waals surface area contributed by atoms with Crippen molar-refractivity contribution >= 4 is 35.0 Å². The zero-order valence-corrected chi connectivity index (χ0v) is 19.1. The van der Waals surface area contributed by atoms with E-state index in [0.29, 0.717) is 23.3 Å². The summed E-state index contributed by atoms with van der Waals surface area (Å²) in [7, 11) is 0. The van der Waals surface area contributed by atoms with Gasteiger partial charge >= 0.3 is 0 Å². The van der Waals surface area contributed by atoms with E-state index in [2.05, 4.69) is 34.7 Å². The highest BCUT2D eigenvalue weighted by Gasteiger charge is 2.29. The summed E-state index contributed by atoms with van der Waals surface area (Å²) in [5.41, 5.74) is 2.97. The summed E-state index contributed by atoms with van der Waals surface area (Å²) >= 11 is 1.50. The van der Waals surface area contributed by atoms with E-state index < -0.39 is 0 Å². The number of anilines is 3. The van der Waals surface area contributed by atoms with Gasteiger partial charge in [-0.2, -0.15) is 5.10 Å². The molecule has 0 unspecified atom stereocenters. The first kappa shape index (κ1) is 21.4. The molecule has 7 nitrogen and oxygen atoms in total. The Kier molecular flexibility index (Phi) is 6.27. The summed E-state index contributed by atoms with van der Waals surface area (Å²) in [6.07, 6.45) is 2.63. The molecular weight excluding hydrogens is 408 g/mol. The van der Waals surface area contributed by atoms with Crippen LogP contribution >= 0.6 is 11.8 Å². The molecule has 3 aromatic rings. The molecule has 1 saturated carbocycles. The predicted octanol–water partition coefficient (Wildman–Crippen LogP) is 5.05. The number of hydrogen-bond acceptors (Lipinski definition) is 7. The van der Waals surface area contributed by atoms with Crippen LogP contribution in [0.2, 0.25) is 0 Å². The minimum Gasteiger partial charge on any atom is -0.367 e. The predicted molar refractivity (Wildman–Crippen MR) is 124 cm³/mol. The fourth-order valence-electron chi connectivity index (χ4n) is 3.21. The van der Waals surface area contributed by atoms with E-state index in [1.54, 1.807) is 0 Å². The third kappa shape index (κ3) is 5.64. The van der Waals surface area contributed by atoms with Gasteiger partial charge in [0.25, 0.3) is 0 Å². The Morgan fingerprint density at radius 1 is 1.16 bits per heavy atom. The van der Waals surface area contributed by atoms with Crippen LogP contribution in [0.15, 0.2) is 40.4 Å². The van der Waals surface area contributed by atoms with E-state index in [0.717, 1.165) is 52.0 Å². The zero-order valence-electron chi connectivity index (χ0n) is 18.3. The number of rotatable bonds is 9. The first-order chi connectivity index (χ1) is 14.9. The van der Waals surface area contributed by atoms with Gasteiger partial charge in [0.1, 0.15) is 17.4 Å². The first-order valence-corrected chi connectivity index (χ1v) is 11.4. The van der Waals surface area contributed by atoms with Crippen molar-refractivity contribution in [3.05, 3.63) is 47.2 Å². The van der Waals surface area contributed by atoms with Crippen molar-refractivity contribution in [3.8, 4) is 0 Å². The summed E-state index contributed by atoms with van der Waals surface area (Å²) in [5, 5.41) is 14.5. The molecule has 2 aromatic heterocycles. The number of hydrogen-bond donors (Lipinski definition) is 3. The van der Waals surface area contributed by atoms with Crippen LogP contribution in [0.4, 0.5) is 17.5 Å². The number of aromatic nitrogens is 4. The Labute approximate surface area is 186 Å². The lowest BCUT2D eigenvalue weighted by atomic mass is 10.1. The van der Waals surface area contributed by atoms with Crippen LogP contribution in [-0.2, 0) is 11.2 Å². The van der Waals surface area contributed by atoms with Gasteiger partial charge in [-0.15, -0.1) is 0 Å². The highest BCUT2D eigenvalue weighted by atomic mass is 32.2. The lowest BCUT2D eigenvalue weighted by Crippen LogP contribution is -2.14. The summed E-state index contributed by atoms with van der Waals surface area (Å²) in [4.78, 5) is 22.6. The minimum atomic E-state index is 0.246. The SMILES string of the molecule is Cc1cc(Nc2nc(Sc3ccc(CC(=O)C4CC4)cc3)nc(NC(C)C)c2C)n[nH]1. The van der Waals surface area contributed by atoms with E-state index >= 15 is 0 Å². The maximum absolute atomic E-state index is 12.1. The Morgan fingerprint density at radius 3 is 2.48 bits per heavy atom. The molecule has 0 aliphatic heterocycles. The van der Waals surface area contributed by atoms with Gasteiger partial charge < -0.3 is 10.6 Å². The quantitative estimate of drug-likeness (QED) is 0.404. The van der Waals surface area contributed by atoms with E-state index in [1.807, 2.05) is 44.2 Å². The molecule has 162 valence electrons. The van der Waals surface area contributed by atoms with Gasteiger partial charge in [0.15, 0.2) is 11.0 Å². The summed E-state index contributed by atoms with van der Waals surface area (Å²) in [5.74, 6) is 2.89. The molecule has 0 atom stereocenters. The van der Waals surface area contributed by atoms with Crippen molar-refractivity contribution in [2.24, 2.45) is 5.92 Å². The van der Waals surface area contributed by atoms with Gasteiger partial charge in [-0.3, -0.25) is 9.89 Å². The monoisotopic (exact) mass is 436 g/mol. The number of aromatic amines is 1. The number of nitrogens with one attached hydrogen (secondary N) is 3. The molecule has 1 aromatic carbocycles. The molecular formula is C23H28N6OS. The highest BCUT2D eigenvalue weighted by Crippen LogP contribution is 2.33. The van der Waals surface area contributed by atoms with E-state index in [4.69, 9.17) is 9.97 Å². The fourth-order valence-corrected chi connectivity index (χ4v) is 3.97. The number of ketones is 1. The molecule has 0 bridgehead atoms. The summed E-state index contributed by atoms with van der Waals surface area (Å²) in [6.45, 7) is 8.12. The molecule has 0 radical (unpaired) electrons. The second-order valence-corrected chi connectivity index (χ2v) is 9.39. The molecule has 4 rings (SSSR count). The maximum atomic E-state index is 12.1. The largest absolute Gasteiger partial charge is 0.367 e. The van der Waals surface area contributed by atoms with E-state index in [1.165, 1.54) is 11.8 Å².